The van der Waals surface area contributed by atoms with Crippen LogP contribution in [0.15, 0.2) is 72.8 Å². The second-order valence-corrected chi connectivity index (χ2v) is 9.43. The molecular formula is C27H24ClN3O4. The van der Waals surface area contributed by atoms with E-state index in [0.717, 1.165) is 32.1 Å². The van der Waals surface area contributed by atoms with Crippen LogP contribution in [0.1, 0.15) is 53.6 Å². The zero-order valence-electron chi connectivity index (χ0n) is 18.9. The van der Waals surface area contributed by atoms with Crippen LogP contribution in [0.2, 0.25) is 5.02 Å². The van der Waals surface area contributed by atoms with Gasteiger partial charge in [-0.3, -0.25) is 24.6 Å². The van der Waals surface area contributed by atoms with Crippen molar-refractivity contribution in [1.82, 2.24) is 5.32 Å². The molecule has 1 fully saturated rings. The van der Waals surface area contributed by atoms with Crippen LogP contribution < -0.4 is 10.2 Å². The number of nitro groups is 1. The Bertz CT molecular complexity index is 1290. The van der Waals surface area contributed by atoms with Crippen LogP contribution in [-0.2, 0) is 10.3 Å². The van der Waals surface area contributed by atoms with Crippen molar-refractivity contribution < 1.29 is 14.5 Å². The molecule has 1 unspecified atom stereocenters. The SMILES string of the molecule is O=C1c2cc([N+](=O)[O-])ccc2C(C(=O)NC2CCCCC2)(c2ccccc2)N1c1ccc(Cl)cc1. The van der Waals surface area contributed by atoms with Gasteiger partial charge in [0, 0.05) is 34.4 Å². The first-order valence-corrected chi connectivity index (χ1v) is 12.1. The molecule has 1 atom stereocenters. The van der Waals surface area contributed by atoms with E-state index < -0.39 is 16.4 Å². The van der Waals surface area contributed by atoms with Gasteiger partial charge in [-0.2, -0.15) is 0 Å². The molecule has 3 aromatic rings. The molecule has 1 heterocycles. The number of rotatable bonds is 5. The smallest absolute Gasteiger partial charge is 0.270 e. The summed E-state index contributed by atoms with van der Waals surface area (Å²) < 4.78 is 0. The van der Waals surface area contributed by atoms with Gasteiger partial charge < -0.3 is 5.32 Å². The number of fused-ring (bicyclic) bond motifs is 1. The molecule has 0 radical (unpaired) electrons. The van der Waals surface area contributed by atoms with Gasteiger partial charge in [-0.1, -0.05) is 61.2 Å². The second kappa shape index (κ2) is 9.15. The van der Waals surface area contributed by atoms with Crippen LogP contribution in [-0.4, -0.2) is 22.8 Å². The number of nitrogens with one attached hydrogen (secondary N) is 1. The molecule has 3 aromatic carbocycles. The van der Waals surface area contributed by atoms with Crippen LogP contribution in [0.25, 0.3) is 0 Å². The van der Waals surface area contributed by atoms with Gasteiger partial charge in [0.05, 0.1) is 10.5 Å². The number of carbonyl (C=O) groups excluding carboxylic acids is 2. The highest BCUT2D eigenvalue weighted by Gasteiger charge is 2.57. The Kier molecular flexibility index (Phi) is 6.03. The van der Waals surface area contributed by atoms with E-state index in [4.69, 9.17) is 11.6 Å². The Labute approximate surface area is 207 Å². The number of nitrogens with zero attached hydrogens (tertiary/aromatic N) is 2. The fraction of sp³-hybridized carbons (Fsp3) is 0.259. The summed E-state index contributed by atoms with van der Waals surface area (Å²) in [7, 11) is 0. The summed E-state index contributed by atoms with van der Waals surface area (Å²) in [6.45, 7) is 0. The predicted octanol–water partition coefficient (Wildman–Crippen LogP) is 5.60. The summed E-state index contributed by atoms with van der Waals surface area (Å²) in [5.41, 5.74) is -0.108. The van der Waals surface area contributed by atoms with Crippen LogP contribution in [0.5, 0.6) is 0 Å². The third kappa shape index (κ3) is 3.86. The Morgan fingerprint density at radius 3 is 2.34 bits per heavy atom. The van der Waals surface area contributed by atoms with Gasteiger partial charge in [0.1, 0.15) is 0 Å². The van der Waals surface area contributed by atoms with E-state index in [1.54, 1.807) is 24.3 Å². The number of amides is 2. The maximum atomic E-state index is 14.3. The molecule has 8 heteroatoms. The van der Waals surface area contributed by atoms with E-state index in [1.807, 2.05) is 30.3 Å². The second-order valence-electron chi connectivity index (χ2n) is 8.99. The molecule has 1 saturated carbocycles. The molecule has 0 saturated heterocycles. The zero-order valence-corrected chi connectivity index (χ0v) is 19.7. The molecule has 1 aliphatic heterocycles. The van der Waals surface area contributed by atoms with E-state index in [0.29, 0.717) is 21.8 Å². The Morgan fingerprint density at radius 1 is 1.00 bits per heavy atom. The summed E-state index contributed by atoms with van der Waals surface area (Å²) >= 11 is 6.12. The minimum absolute atomic E-state index is 0.00102. The number of hydrogen-bond acceptors (Lipinski definition) is 4. The largest absolute Gasteiger partial charge is 0.351 e. The molecule has 0 aromatic heterocycles. The first-order chi connectivity index (χ1) is 16.9. The normalized spacial score (nSPS) is 19.9. The van der Waals surface area contributed by atoms with Crippen molar-refractivity contribution >= 4 is 34.8 Å². The lowest BCUT2D eigenvalue weighted by atomic mass is 9.80. The van der Waals surface area contributed by atoms with Crippen molar-refractivity contribution in [3.63, 3.8) is 0 Å². The molecule has 35 heavy (non-hydrogen) atoms. The van der Waals surface area contributed by atoms with E-state index in [2.05, 4.69) is 5.32 Å². The zero-order chi connectivity index (χ0) is 24.6. The van der Waals surface area contributed by atoms with Gasteiger partial charge in [0.15, 0.2) is 5.54 Å². The molecule has 0 spiro atoms. The molecular weight excluding hydrogens is 466 g/mol. The molecule has 2 aliphatic rings. The number of nitro benzene ring substituents is 1. The van der Waals surface area contributed by atoms with Crippen molar-refractivity contribution in [2.75, 3.05) is 4.90 Å². The molecule has 178 valence electrons. The van der Waals surface area contributed by atoms with E-state index in [-0.39, 0.29) is 23.2 Å². The Balaban J connectivity index is 1.76. The van der Waals surface area contributed by atoms with Gasteiger partial charge in [-0.25, -0.2) is 0 Å². The van der Waals surface area contributed by atoms with Crippen molar-refractivity contribution in [3.05, 3.63) is 105 Å². The lowest BCUT2D eigenvalue weighted by molar-refractivity contribution is -0.384. The topological polar surface area (TPSA) is 92.5 Å². The highest BCUT2D eigenvalue weighted by Crippen LogP contribution is 2.48. The Morgan fingerprint density at radius 2 is 1.69 bits per heavy atom. The fourth-order valence-electron chi connectivity index (χ4n) is 5.29. The summed E-state index contributed by atoms with van der Waals surface area (Å²) in [6.07, 6.45) is 4.95. The average molecular weight is 490 g/mol. The van der Waals surface area contributed by atoms with Gasteiger partial charge in [0.2, 0.25) is 0 Å². The lowest BCUT2D eigenvalue weighted by Crippen LogP contribution is -2.57. The Hall–Kier alpha value is -3.71. The van der Waals surface area contributed by atoms with Crippen LogP contribution in [0.4, 0.5) is 11.4 Å². The first-order valence-electron chi connectivity index (χ1n) is 11.7. The maximum Gasteiger partial charge on any atom is 0.270 e. The van der Waals surface area contributed by atoms with E-state index >= 15 is 0 Å². The van der Waals surface area contributed by atoms with Gasteiger partial charge >= 0.3 is 0 Å². The minimum Gasteiger partial charge on any atom is -0.351 e. The number of halogens is 1. The third-order valence-electron chi connectivity index (χ3n) is 6.92. The van der Waals surface area contributed by atoms with E-state index in [9.17, 15) is 19.7 Å². The van der Waals surface area contributed by atoms with Crippen molar-refractivity contribution in [2.24, 2.45) is 0 Å². The van der Waals surface area contributed by atoms with E-state index in [1.165, 1.54) is 23.1 Å². The van der Waals surface area contributed by atoms with Crippen molar-refractivity contribution in [3.8, 4) is 0 Å². The average Bonchev–Trinajstić information content (AvgIpc) is 3.14. The number of carbonyl (C=O) groups is 2. The molecule has 1 N–H and O–H groups in total. The minimum atomic E-state index is -1.53. The van der Waals surface area contributed by atoms with Gasteiger partial charge in [0.25, 0.3) is 17.5 Å². The van der Waals surface area contributed by atoms with Gasteiger partial charge in [-0.15, -0.1) is 0 Å². The molecule has 7 nitrogen and oxygen atoms in total. The summed E-state index contributed by atoms with van der Waals surface area (Å²) in [5.74, 6) is -0.805. The van der Waals surface area contributed by atoms with Crippen LogP contribution >= 0.6 is 11.6 Å². The van der Waals surface area contributed by atoms with Crippen LogP contribution in [0.3, 0.4) is 0 Å². The predicted molar refractivity (Wildman–Crippen MR) is 134 cm³/mol. The lowest BCUT2D eigenvalue weighted by Gasteiger charge is -2.39. The summed E-state index contributed by atoms with van der Waals surface area (Å²) in [6, 6.07) is 19.9. The fourth-order valence-corrected chi connectivity index (χ4v) is 5.41. The molecule has 1 aliphatic carbocycles. The highest BCUT2D eigenvalue weighted by molar-refractivity contribution is 6.30. The number of anilines is 1. The van der Waals surface area contributed by atoms with Crippen LogP contribution in [0, 0.1) is 10.1 Å². The third-order valence-corrected chi connectivity index (χ3v) is 7.17. The van der Waals surface area contributed by atoms with Gasteiger partial charge in [-0.05, 0) is 48.7 Å². The monoisotopic (exact) mass is 489 g/mol. The first kappa shape index (κ1) is 23.1. The van der Waals surface area contributed by atoms with Crippen molar-refractivity contribution in [1.29, 1.82) is 0 Å². The number of benzene rings is 3. The standard InChI is InChI=1S/C27H24ClN3O4/c28-19-11-13-21(14-12-19)30-25(32)23-17-22(31(34)35)15-16-24(23)27(30,18-7-3-1-4-8-18)26(33)29-20-9-5-2-6-10-20/h1,3-4,7-8,11-17,20H,2,5-6,9-10H2,(H,29,33). The number of non-ortho nitro benzene ring substituents is 1. The number of hydrogen-bond donors (Lipinski definition) is 1. The highest BCUT2D eigenvalue weighted by atomic mass is 35.5. The summed E-state index contributed by atoms with van der Waals surface area (Å²) in [4.78, 5) is 40.7. The molecule has 5 rings (SSSR count). The summed E-state index contributed by atoms with van der Waals surface area (Å²) in [5, 5.41) is 15.2. The quantitative estimate of drug-likeness (QED) is 0.373. The van der Waals surface area contributed by atoms with Crippen molar-refractivity contribution in [2.45, 2.75) is 43.7 Å². The maximum absolute atomic E-state index is 14.3. The molecule has 0 bridgehead atoms. The molecule has 2 amide bonds.